The van der Waals surface area contributed by atoms with Crippen LogP contribution < -0.4 is 10.2 Å². The molecule has 0 saturated heterocycles. The molecule has 1 unspecified atom stereocenters. The van der Waals surface area contributed by atoms with Crippen LogP contribution in [0.3, 0.4) is 0 Å². The van der Waals surface area contributed by atoms with Crippen LogP contribution in [-0.4, -0.2) is 36.2 Å². The van der Waals surface area contributed by atoms with Crippen molar-refractivity contribution in [2.75, 3.05) is 29.9 Å². The Morgan fingerprint density at radius 3 is 2.76 bits per heavy atom. The lowest BCUT2D eigenvalue weighted by Gasteiger charge is -2.29. The first-order chi connectivity index (χ1) is 11.9. The predicted octanol–water partition coefficient (Wildman–Crippen LogP) is 4.02. The van der Waals surface area contributed by atoms with E-state index in [4.69, 9.17) is 4.74 Å². The molecule has 1 aromatic heterocycles. The average Bonchev–Trinajstić information content (AvgIpc) is 3.01. The number of carbonyl (C=O) groups excluding carboxylic acids is 1. The Labute approximate surface area is 152 Å². The van der Waals surface area contributed by atoms with Gasteiger partial charge in [-0.05, 0) is 52.5 Å². The largest absolute Gasteiger partial charge is 0.460 e. The van der Waals surface area contributed by atoms with Gasteiger partial charge in [0, 0.05) is 37.1 Å². The van der Waals surface area contributed by atoms with Crippen LogP contribution >= 0.6 is 0 Å². The summed E-state index contributed by atoms with van der Waals surface area (Å²) in [6.07, 6.45) is 5.59. The van der Waals surface area contributed by atoms with Gasteiger partial charge in [-0.3, -0.25) is 4.79 Å². The number of aromatic nitrogens is 1. The third-order valence-electron chi connectivity index (χ3n) is 4.51. The summed E-state index contributed by atoms with van der Waals surface area (Å²) in [6.45, 7) is 12.8. The molecule has 5 nitrogen and oxygen atoms in total. The first-order valence-corrected chi connectivity index (χ1v) is 9.55. The zero-order chi connectivity index (χ0) is 18.4. The normalized spacial score (nSPS) is 14.6. The van der Waals surface area contributed by atoms with E-state index in [1.807, 2.05) is 27.0 Å². The van der Waals surface area contributed by atoms with Crippen LogP contribution in [0.4, 0.5) is 11.5 Å². The fraction of sp³-hybridized carbons (Fsp3) is 0.700. The van der Waals surface area contributed by atoms with Gasteiger partial charge in [-0.1, -0.05) is 13.8 Å². The smallest absolute Gasteiger partial charge is 0.309 e. The van der Waals surface area contributed by atoms with Gasteiger partial charge in [0.25, 0.3) is 0 Å². The first-order valence-electron chi connectivity index (χ1n) is 9.55. The van der Waals surface area contributed by atoms with Gasteiger partial charge in [0.1, 0.15) is 11.4 Å². The minimum atomic E-state index is -0.425. The molecule has 2 heterocycles. The highest BCUT2D eigenvalue weighted by Crippen LogP contribution is 2.30. The van der Waals surface area contributed by atoms with Crippen molar-refractivity contribution in [3.8, 4) is 0 Å². The number of ether oxygens (including phenoxy) is 1. The molecule has 25 heavy (non-hydrogen) atoms. The number of carbonyl (C=O) groups is 1. The van der Waals surface area contributed by atoms with Crippen LogP contribution in [0.15, 0.2) is 12.3 Å². The lowest BCUT2D eigenvalue weighted by Crippen LogP contribution is -2.32. The summed E-state index contributed by atoms with van der Waals surface area (Å²) < 4.78 is 5.59. The molecule has 0 saturated carbocycles. The van der Waals surface area contributed by atoms with Crippen LogP contribution in [0.2, 0.25) is 0 Å². The standard InChI is InChI=1S/C20H33N3O2/c1-6-13-23(17-9-12-22-18-16(17)8-11-21-18)14-10-15(7-2)19(24)25-20(3,4)5/h9,12,15H,6-8,10-11,13-14H2,1-5H3,(H,21,22). The predicted molar refractivity (Wildman–Crippen MR) is 103 cm³/mol. The number of nitrogens with one attached hydrogen (secondary N) is 1. The van der Waals surface area contributed by atoms with Gasteiger partial charge in [0.05, 0.1) is 5.92 Å². The van der Waals surface area contributed by atoms with Crippen molar-refractivity contribution in [2.24, 2.45) is 5.92 Å². The summed E-state index contributed by atoms with van der Waals surface area (Å²) in [5, 5.41) is 3.35. The highest BCUT2D eigenvalue weighted by molar-refractivity contribution is 5.73. The molecule has 0 amide bonds. The number of nitrogens with zero attached hydrogens (tertiary/aromatic N) is 2. The Balaban J connectivity index is 2.06. The monoisotopic (exact) mass is 347 g/mol. The van der Waals surface area contributed by atoms with Gasteiger partial charge in [-0.2, -0.15) is 0 Å². The Kier molecular flexibility index (Phi) is 6.68. The lowest BCUT2D eigenvalue weighted by molar-refractivity contribution is -0.160. The summed E-state index contributed by atoms with van der Waals surface area (Å²) in [4.78, 5) is 19.3. The van der Waals surface area contributed by atoms with E-state index in [1.54, 1.807) is 0 Å². The van der Waals surface area contributed by atoms with E-state index >= 15 is 0 Å². The second-order valence-electron chi connectivity index (χ2n) is 7.75. The van der Waals surface area contributed by atoms with Crippen LogP contribution in [-0.2, 0) is 16.0 Å². The summed E-state index contributed by atoms with van der Waals surface area (Å²) >= 11 is 0. The number of hydrogen-bond donors (Lipinski definition) is 1. The number of anilines is 2. The van der Waals surface area contributed by atoms with E-state index < -0.39 is 5.60 Å². The van der Waals surface area contributed by atoms with Crippen molar-refractivity contribution in [3.05, 3.63) is 17.8 Å². The van der Waals surface area contributed by atoms with Crippen LogP contribution in [0.5, 0.6) is 0 Å². The second kappa shape index (κ2) is 8.54. The van der Waals surface area contributed by atoms with Crippen molar-refractivity contribution in [1.29, 1.82) is 0 Å². The topological polar surface area (TPSA) is 54.5 Å². The molecule has 140 valence electrons. The Bertz CT molecular complexity index is 581. The molecule has 0 aromatic carbocycles. The number of hydrogen-bond acceptors (Lipinski definition) is 5. The third kappa shape index (κ3) is 5.35. The molecule has 0 bridgehead atoms. The number of esters is 1. The molecule has 2 rings (SSSR count). The molecule has 1 atom stereocenters. The molecule has 1 aromatic rings. The SMILES string of the molecule is CCCN(CCC(CC)C(=O)OC(C)(C)C)c1ccnc2c1CCN2. The van der Waals surface area contributed by atoms with Gasteiger partial charge in [-0.25, -0.2) is 4.98 Å². The molecule has 5 heteroatoms. The van der Waals surface area contributed by atoms with E-state index in [2.05, 4.69) is 35.1 Å². The average molecular weight is 348 g/mol. The van der Waals surface area contributed by atoms with Crippen molar-refractivity contribution < 1.29 is 9.53 Å². The Hall–Kier alpha value is -1.78. The van der Waals surface area contributed by atoms with Crippen molar-refractivity contribution in [1.82, 2.24) is 4.98 Å². The van der Waals surface area contributed by atoms with E-state index in [0.29, 0.717) is 0 Å². The van der Waals surface area contributed by atoms with Crippen LogP contribution in [0, 0.1) is 5.92 Å². The van der Waals surface area contributed by atoms with Crippen LogP contribution in [0.1, 0.15) is 59.4 Å². The quantitative estimate of drug-likeness (QED) is 0.720. The molecule has 1 aliphatic rings. The number of pyridine rings is 1. The molecular weight excluding hydrogens is 314 g/mol. The van der Waals surface area contributed by atoms with Gasteiger partial charge in [-0.15, -0.1) is 0 Å². The first kappa shape index (κ1) is 19.5. The summed E-state index contributed by atoms with van der Waals surface area (Å²) in [5.74, 6) is 0.887. The maximum Gasteiger partial charge on any atom is 0.309 e. The van der Waals surface area contributed by atoms with E-state index in [-0.39, 0.29) is 11.9 Å². The summed E-state index contributed by atoms with van der Waals surface area (Å²) in [6, 6.07) is 2.11. The van der Waals surface area contributed by atoms with Gasteiger partial charge in [0.15, 0.2) is 0 Å². The Morgan fingerprint density at radius 2 is 2.12 bits per heavy atom. The molecule has 1 N–H and O–H groups in total. The van der Waals surface area contributed by atoms with E-state index in [0.717, 1.165) is 51.1 Å². The minimum Gasteiger partial charge on any atom is -0.460 e. The molecule has 1 aliphatic heterocycles. The minimum absolute atomic E-state index is 0.0495. The van der Waals surface area contributed by atoms with Gasteiger partial charge >= 0.3 is 5.97 Å². The Morgan fingerprint density at radius 1 is 1.36 bits per heavy atom. The molecule has 0 aliphatic carbocycles. The van der Waals surface area contributed by atoms with Crippen molar-refractivity contribution in [3.63, 3.8) is 0 Å². The molecule has 0 fully saturated rings. The van der Waals surface area contributed by atoms with E-state index in [9.17, 15) is 4.79 Å². The zero-order valence-corrected chi connectivity index (χ0v) is 16.4. The second-order valence-corrected chi connectivity index (χ2v) is 7.75. The van der Waals surface area contributed by atoms with Crippen molar-refractivity contribution >= 4 is 17.5 Å². The highest BCUT2D eigenvalue weighted by Gasteiger charge is 2.25. The zero-order valence-electron chi connectivity index (χ0n) is 16.4. The highest BCUT2D eigenvalue weighted by atomic mass is 16.6. The number of rotatable bonds is 8. The van der Waals surface area contributed by atoms with Gasteiger partial charge in [0.2, 0.25) is 0 Å². The summed E-state index contributed by atoms with van der Waals surface area (Å²) in [7, 11) is 0. The molecule has 0 spiro atoms. The fourth-order valence-corrected chi connectivity index (χ4v) is 3.29. The van der Waals surface area contributed by atoms with Crippen LogP contribution in [0.25, 0.3) is 0 Å². The van der Waals surface area contributed by atoms with E-state index in [1.165, 1.54) is 11.3 Å². The van der Waals surface area contributed by atoms with Gasteiger partial charge < -0.3 is 15.0 Å². The van der Waals surface area contributed by atoms with Crippen molar-refractivity contribution in [2.45, 2.75) is 65.9 Å². The lowest BCUT2D eigenvalue weighted by atomic mass is 10.0. The maximum atomic E-state index is 12.4. The maximum absolute atomic E-state index is 12.4. The third-order valence-corrected chi connectivity index (χ3v) is 4.51. The summed E-state index contributed by atoms with van der Waals surface area (Å²) in [5.41, 5.74) is 2.14. The molecule has 0 radical (unpaired) electrons. The molecular formula is C20H33N3O2. The fourth-order valence-electron chi connectivity index (χ4n) is 3.29. The number of fused-ring (bicyclic) bond motifs is 1.